The van der Waals surface area contributed by atoms with E-state index in [9.17, 15) is 0 Å². The van der Waals surface area contributed by atoms with Crippen LogP contribution in [0, 0.1) is 0 Å². The van der Waals surface area contributed by atoms with Crippen molar-refractivity contribution in [3.8, 4) is 0 Å². The zero-order valence-corrected chi connectivity index (χ0v) is 5.67. The lowest BCUT2D eigenvalue weighted by Gasteiger charge is -1.97. The lowest BCUT2D eigenvalue weighted by molar-refractivity contribution is 1.14. The highest BCUT2D eigenvalue weighted by Crippen LogP contribution is 1.99. The van der Waals surface area contributed by atoms with Crippen molar-refractivity contribution < 1.29 is 0 Å². The van der Waals surface area contributed by atoms with Crippen molar-refractivity contribution in [1.29, 1.82) is 0 Å². The SMILES string of the molecule is BCC(S)CS. The van der Waals surface area contributed by atoms with Gasteiger partial charge in [0.25, 0.3) is 0 Å². The van der Waals surface area contributed by atoms with E-state index in [1.807, 2.05) is 0 Å². The fraction of sp³-hybridized carbons (Fsp3) is 1.00. The van der Waals surface area contributed by atoms with Crippen LogP contribution in [-0.2, 0) is 0 Å². The van der Waals surface area contributed by atoms with Gasteiger partial charge >= 0.3 is 0 Å². The van der Waals surface area contributed by atoms with E-state index in [1.54, 1.807) is 0 Å². The molecule has 0 rings (SSSR count). The summed E-state index contributed by atoms with van der Waals surface area (Å²) in [5, 5.41) is 0.494. The molecule has 0 N–H and O–H groups in total. The molecule has 0 aliphatic rings. The Morgan fingerprint density at radius 3 is 2.17 bits per heavy atom. The summed E-state index contributed by atoms with van der Waals surface area (Å²) in [6.45, 7) is 0. The summed E-state index contributed by atoms with van der Waals surface area (Å²) < 4.78 is 0. The third kappa shape index (κ3) is 2.97. The molecule has 0 aliphatic heterocycles. The van der Waals surface area contributed by atoms with Crippen LogP contribution in [0.3, 0.4) is 0 Å². The van der Waals surface area contributed by atoms with E-state index in [-0.39, 0.29) is 0 Å². The van der Waals surface area contributed by atoms with Gasteiger partial charge in [0.2, 0.25) is 0 Å². The Morgan fingerprint density at radius 2 is 2.17 bits per heavy atom. The highest BCUT2D eigenvalue weighted by molar-refractivity contribution is 7.84. The molecule has 0 radical (unpaired) electrons. The molecule has 0 bridgehead atoms. The Morgan fingerprint density at radius 1 is 1.67 bits per heavy atom. The van der Waals surface area contributed by atoms with Crippen molar-refractivity contribution in [2.75, 3.05) is 5.75 Å². The number of rotatable bonds is 2. The van der Waals surface area contributed by atoms with Crippen LogP contribution in [0.25, 0.3) is 0 Å². The summed E-state index contributed by atoms with van der Waals surface area (Å²) in [6.07, 6.45) is 1.12. The third-order valence-electron chi connectivity index (χ3n) is 0.682. The minimum Gasteiger partial charge on any atom is -0.178 e. The number of hydrogen-bond acceptors (Lipinski definition) is 2. The Hall–Kier alpha value is 0.765. The quantitative estimate of drug-likeness (QED) is 0.379. The van der Waals surface area contributed by atoms with Gasteiger partial charge in [-0.3, -0.25) is 0 Å². The second-order valence-electron chi connectivity index (χ2n) is 1.24. The molecule has 6 heavy (non-hydrogen) atoms. The Balaban J connectivity index is 2.75. The predicted octanol–water partition coefficient (Wildman–Crippen LogP) is 0.266. The molecule has 0 fully saturated rings. The zero-order valence-electron chi connectivity index (χ0n) is 3.89. The Bertz CT molecular complexity index is 28.0. The van der Waals surface area contributed by atoms with E-state index < -0.39 is 0 Å². The first-order valence-corrected chi connectivity index (χ1v) is 3.25. The summed E-state index contributed by atoms with van der Waals surface area (Å²) in [5.41, 5.74) is 0. The van der Waals surface area contributed by atoms with Crippen LogP contribution in [0.4, 0.5) is 0 Å². The first-order chi connectivity index (χ1) is 2.81. The summed E-state index contributed by atoms with van der Waals surface area (Å²) >= 11 is 8.17. The van der Waals surface area contributed by atoms with Gasteiger partial charge in [0, 0.05) is 11.0 Å². The smallest absolute Gasteiger partial charge is 0.102 e. The number of hydrogen-bond donors (Lipinski definition) is 2. The van der Waals surface area contributed by atoms with Crippen molar-refractivity contribution in [2.24, 2.45) is 0 Å². The Kier molecular flexibility index (Phi) is 4.44. The lowest BCUT2D eigenvalue weighted by Crippen LogP contribution is -1.96. The van der Waals surface area contributed by atoms with Gasteiger partial charge in [-0.05, 0) is 0 Å². The molecule has 0 saturated heterocycles. The summed E-state index contributed by atoms with van der Waals surface area (Å²) in [7, 11) is 2.11. The molecular weight excluding hydrogens is 111 g/mol. The van der Waals surface area contributed by atoms with E-state index in [2.05, 4.69) is 33.1 Å². The zero-order chi connectivity index (χ0) is 4.99. The topological polar surface area (TPSA) is 0 Å². The van der Waals surface area contributed by atoms with Crippen LogP contribution in [0.15, 0.2) is 0 Å². The van der Waals surface area contributed by atoms with Gasteiger partial charge in [0.1, 0.15) is 7.85 Å². The molecule has 1 unspecified atom stereocenters. The molecule has 0 aromatic heterocycles. The molecule has 1 atom stereocenters. The molecule has 0 aromatic rings. The predicted molar refractivity (Wildman–Crippen MR) is 40.0 cm³/mol. The molecule has 0 spiro atoms. The average Bonchev–Trinajstić information content (AvgIpc) is 1.65. The van der Waals surface area contributed by atoms with E-state index in [0.29, 0.717) is 5.25 Å². The van der Waals surface area contributed by atoms with Crippen molar-refractivity contribution in [2.45, 2.75) is 11.6 Å². The van der Waals surface area contributed by atoms with Crippen molar-refractivity contribution in [3.05, 3.63) is 0 Å². The monoisotopic (exact) mass is 120 g/mol. The van der Waals surface area contributed by atoms with Crippen molar-refractivity contribution >= 4 is 33.1 Å². The normalized spacial score (nSPS) is 14.3. The van der Waals surface area contributed by atoms with Gasteiger partial charge in [0.15, 0.2) is 0 Å². The van der Waals surface area contributed by atoms with E-state index in [0.717, 1.165) is 12.1 Å². The molecule has 0 aliphatic carbocycles. The summed E-state index contributed by atoms with van der Waals surface area (Å²) in [4.78, 5) is 0. The highest BCUT2D eigenvalue weighted by atomic mass is 32.1. The van der Waals surface area contributed by atoms with E-state index >= 15 is 0 Å². The average molecular weight is 120 g/mol. The molecule has 36 valence electrons. The van der Waals surface area contributed by atoms with Crippen LogP contribution in [0.5, 0.6) is 0 Å². The maximum absolute atomic E-state index is 4.15. The molecule has 0 nitrogen and oxygen atoms in total. The highest BCUT2D eigenvalue weighted by Gasteiger charge is 1.90. The molecule has 0 amide bonds. The van der Waals surface area contributed by atoms with Gasteiger partial charge in [-0.25, -0.2) is 0 Å². The van der Waals surface area contributed by atoms with Crippen LogP contribution in [-0.4, -0.2) is 18.8 Å². The van der Waals surface area contributed by atoms with Gasteiger partial charge in [-0.1, -0.05) is 6.32 Å². The maximum Gasteiger partial charge on any atom is 0.102 e. The second-order valence-corrected chi connectivity index (χ2v) is 2.34. The number of thiol groups is 2. The van der Waals surface area contributed by atoms with Gasteiger partial charge < -0.3 is 0 Å². The molecular formula is C3H9BS2. The van der Waals surface area contributed by atoms with Crippen LogP contribution < -0.4 is 0 Å². The molecule has 0 heterocycles. The van der Waals surface area contributed by atoms with Crippen molar-refractivity contribution in [3.63, 3.8) is 0 Å². The fourth-order valence-corrected chi connectivity index (χ4v) is 0.387. The largest absolute Gasteiger partial charge is 0.178 e. The van der Waals surface area contributed by atoms with Crippen molar-refractivity contribution in [1.82, 2.24) is 0 Å². The van der Waals surface area contributed by atoms with Crippen LogP contribution in [0.2, 0.25) is 6.32 Å². The second kappa shape index (κ2) is 3.94. The minimum atomic E-state index is 0.494. The van der Waals surface area contributed by atoms with Gasteiger partial charge in [-0.15, -0.1) is 0 Å². The van der Waals surface area contributed by atoms with E-state index in [4.69, 9.17) is 0 Å². The van der Waals surface area contributed by atoms with Crippen LogP contribution in [0.1, 0.15) is 0 Å². The Labute approximate surface area is 50.9 Å². The minimum absolute atomic E-state index is 0.494. The standard InChI is InChI=1S/C3H9BS2/c4-1-3(6)2-5/h3,5-6H,1-2,4H2. The molecule has 3 heteroatoms. The van der Waals surface area contributed by atoms with Crippen LogP contribution >= 0.6 is 25.3 Å². The van der Waals surface area contributed by atoms with Gasteiger partial charge in [-0.2, -0.15) is 25.3 Å². The van der Waals surface area contributed by atoms with Gasteiger partial charge in [0.05, 0.1) is 0 Å². The molecule has 0 saturated carbocycles. The fourth-order valence-electron chi connectivity index (χ4n) is 0.129. The maximum atomic E-state index is 4.15. The first-order valence-electron chi connectivity index (χ1n) is 2.10. The third-order valence-corrected chi connectivity index (χ3v) is 1.96. The lowest BCUT2D eigenvalue weighted by atomic mass is 10.0. The summed E-state index contributed by atoms with van der Waals surface area (Å²) in [5.74, 6) is 0.889. The van der Waals surface area contributed by atoms with E-state index in [1.165, 1.54) is 0 Å². The first kappa shape index (κ1) is 6.76. The molecule has 0 aromatic carbocycles. The summed E-state index contributed by atoms with van der Waals surface area (Å²) in [6, 6.07) is 0.